The maximum absolute atomic E-state index is 11.3. The highest BCUT2D eigenvalue weighted by atomic mass is 16.6. The molecular formula is C15H21N3O3. The number of fused-ring (bicyclic) bond motifs is 2. The van der Waals surface area contributed by atoms with Gasteiger partial charge in [0.15, 0.2) is 0 Å². The lowest BCUT2D eigenvalue weighted by atomic mass is 10.1. The van der Waals surface area contributed by atoms with Crippen molar-refractivity contribution < 1.29 is 10.0 Å². The van der Waals surface area contributed by atoms with Gasteiger partial charge in [0.05, 0.1) is 11.5 Å². The molecule has 21 heavy (non-hydrogen) atoms. The molecule has 1 aromatic carbocycles. The Hall–Kier alpha value is -1.66. The smallest absolute Gasteiger partial charge is 0.292 e. The number of benzene rings is 1. The summed E-state index contributed by atoms with van der Waals surface area (Å²) in [6.45, 7) is 1.52. The first-order chi connectivity index (χ1) is 10.1. The molecule has 0 saturated carbocycles. The summed E-state index contributed by atoms with van der Waals surface area (Å²) in [6.07, 6.45) is 3.45. The zero-order chi connectivity index (χ0) is 15.0. The first kappa shape index (κ1) is 14.3. The fourth-order valence-corrected chi connectivity index (χ4v) is 3.61. The Morgan fingerprint density at radius 3 is 2.81 bits per heavy atom. The quantitative estimate of drug-likeness (QED) is 0.679. The molecule has 6 nitrogen and oxygen atoms in total. The minimum Gasteiger partial charge on any atom is -0.392 e. The van der Waals surface area contributed by atoms with Gasteiger partial charge < -0.3 is 10.0 Å². The van der Waals surface area contributed by atoms with Crippen LogP contribution in [0.2, 0.25) is 0 Å². The van der Waals surface area contributed by atoms with Crippen LogP contribution in [0.3, 0.4) is 0 Å². The van der Waals surface area contributed by atoms with Crippen LogP contribution < -0.4 is 4.90 Å². The minimum atomic E-state index is -0.346. The fraction of sp³-hybridized carbons (Fsp3) is 0.600. The summed E-state index contributed by atoms with van der Waals surface area (Å²) in [5.74, 6) is 0. The summed E-state index contributed by atoms with van der Waals surface area (Å²) >= 11 is 0. The summed E-state index contributed by atoms with van der Waals surface area (Å²) in [7, 11) is 2.16. The van der Waals surface area contributed by atoms with Crippen LogP contribution in [0.5, 0.6) is 0 Å². The third-order valence-corrected chi connectivity index (χ3v) is 4.91. The molecule has 0 spiro atoms. The predicted octanol–water partition coefficient (Wildman–Crippen LogP) is 1.76. The van der Waals surface area contributed by atoms with E-state index in [1.54, 1.807) is 12.1 Å². The Labute approximate surface area is 124 Å². The molecule has 0 aromatic heterocycles. The van der Waals surface area contributed by atoms with Crippen molar-refractivity contribution in [3.63, 3.8) is 0 Å². The largest absolute Gasteiger partial charge is 0.392 e. The molecule has 2 saturated heterocycles. The zero-order valence-electron chi connectivity index (χ0n) is 12.2. The molecule has 2 heterocycles. The second kappa shape index (κ2) is 5.61. The molecule has 1 aromatic rings. The number of hydrogen-bond acceptors (Lipinski definition) is 5. The maximum Gasteiger partial charge on any atom is 0.292 e. The average Bonchev–Trinajstić information content (AvgIpc) is 2.72. The molecule has 0 radical (unpaired) electrons. The Bertz CT molecular complexity index is 549. The third kappa shape index (κ3) is 2.61. The molecule has 2 bridgehead atoms. The summed E-state index contributed by atoms with van der Waals surface area (Å²) in [5, 5.41) is 20.5. The van der Waals surface area contributed by atoms with Crippen molar-refractivity contribution in [2.75, 3.05) is 25.0 Å². The number of aliphatic hydroxyl groups excluding tert-OH is 1. The first-order valence-electron chi connectivity index (χ1n) is 7.45. The van der Waals surface area contributed by atoms with E-state index in [1.807, 2.05) is 0 Å². The van der Waals surface area contributed by atoms with Crippen molar-refractivity contribution in [3.8, 4) is 0 Å². The SMILES string of the molecule is CN1C2CCC1CN(c1ccc(CO)cc1[N+](=O)[O-])CC2. The van der Waals surface area contributed by atoms with Crippen LogP contribution >= 0.6 is 0 Å². The number of rotatable bonds is 3. The minimum absolute atomic E-state index is 0.0991. The molecule has 2 aliphatic rings. The summed E-state index contributed by atoms with van der Waals surface area (Å²) in [6, 6.07) is 6.13. The van der Waals surface area contributed by atoms with E-state index in [9.17, 15) is 10.1 Å². The topological polar surface area (TPSA) is 69.8 Å². The van der Waals surface area contributed by atoms with Crippen LogP contribution in [0.15, 0.2) is 18.2 Å². The van der Waals surface area contributed by atoms with Crippen molar-refractivity contribution in [2.24, 2.45) is 0 Å². The van der Waals surface area contributed by atoms with Gasteiger partial charge in [-0.1, -0.05) is 6.07 Å². The van der Waals surface area contributed by atoms with Crippen LogP contribution in [-0.2, 0) is 6.61 Å². The number of nitro groups is 1. The van der Waals surface area contributed by atoms with Crippen LogP contribution in [0, 0.1) is 10.1 Å². The standard InChI is InChI=1S/C15H21N3O3/c1-16-12-3-4-13(16)9-17(7-6-12)14-5-2-11(10-19)8-15(14)18(20)21/h2,5,8,12-13,19H,3-4,6-7,9-10H2,1H3. The van der Waals surface area contributed by atoms with Crippen LogP contribution in [0.25, 0.3) is 0 Å². The van der Waals surface area contributed by atoms with E-state index in [0.29, 0.717) is 23.3 Å². The van der Waals surface area contributed by atoms with E-state index in [-0.39, 0.29) is 17.2 Å². The summed E-state index contributed by atoms with van der Waals surface area (Å²) < 4.78 is 0. The molecular weight excluding hydrogens is 270 g/mol. The fourth-order valence-electron chi connectivity index (χ4n) is 3.61. The molecule has 6 heteroatoms. The van der Waals surface area contributed by atoms with Gasteiger partial charge in [-0.2, -0.15) is 0 Å². The molecule has 2 atom stereocenters. The molecule has 2 aliphatic heterocycles. The first-order valence-corrected chi connectivity index (χ1v) is 7.45. The monoisotopic (exact) mass is 291 g/mol. The van der Waals surface area contributed by atoms with E-state index in [1.165, 1.54) is 18.9 Å². The molecule has 114 valence electrons. The van der Waals surface area contributed by atoms with Crippen molar-refractivity contribution in [1.82, 2.24) is 4.90 Å². The number of nitrogens with zero attached hydrogens (tertiary/aromatic N) is 3. The number of aliphatic hydroxyl groups is 1. The van der Waals surface area contributed by atoms with E-state index in [4.69, 9.17) is 5.11 Å². The van der Waals surface area contributed by atoms with Gasteiger partial charge in [0.25, 0.3) is 5.69 Å². The molecule has 3 rings (SSSR count). The van der Waals surface area contributed by atoms with Gasteiger partial charge in [-0.15, -0.1) is 0 Å². The van der Waals surface area contributed by atoms with Gasteiger partial charge in [0, 0.05) is 31.2 Å². The highest BCUT2D eigenvalue weighted by molar-refractivity contribution is 5.64. The van der Waals surface area contributed by atoms with Gasteiger partial charge in [0.1, 0.15) is 5.69 Å². The van der Waals surface area contributed by atoms with Gasteiger partial charge >= 0.3 is 0 Å². The molecule has 0 aliphatic carbocycles. The van der Waals surface area contributed by atoms with E-state index >= 15 is 0 Å². The van der Waals surface area contributed by atoms with Gasteiger partial charge in [-0.3, -0.25) is 15.0 Å². The van der Waals surface area contributed by atoms with Crippen molar-refractivity contribution >= 4 is 11.4 Å². The van der Waals surface area contributed by atoms with E-state index in [2.05, 4.69) is 16.8 Å². The highest BCUT2D eigenvalue weighted by Crippen LogP contribution is 2.35. The number of likely N-dealkylation sites (N-methyl/N-ethyl adjacent to an activating group) is 1. The van der Waals surface area contributed by atoms with Gasteiger partial charge in [-0.25, -0.2) is 0 Å². The lowest BCUT2D eigenvalue weighted by Crippen LogP contribution is -2.36. The molecule has 2 unspecified atom stereocenters. The highest BCUT2D eigenvalue weighted by Gasteiger charge is 2.36. The lowest BCUT2D eigenvalue weighted by Gasteiger charge is -2.27. The van der Waals surface area contributed by atoms with Crippen LogP contribution in [0.4, 0.5) is 11.4 Å². The number of nitro benzene ring substituents is 1. The number of anilines is 1. The summed E-state index contributed by atoms with van der Waals surface area (Å²) in [5.41, 5.74) is 1.36. The van der Waals surface area contributed by atoms with Crippen molar-refractivity contribution in [3.05, 3.63) is 33.9 Å². The lowest BCUT2D eigenvalue weighted by molar-refractivity contribution is -0.384. The van der Waals surface area contributed by atoms with Gasteiger partial charge in [0.2, 0.25) is 0 Å². The Kier molecular flexibility index (Phi) is 3.82. The van der Waals surface area contributed by atoms with Crippen LogP contribution in [0.1, 0.15) is 24.8 Å². The molecule has 0 amide bonds. The maximum atomic E-state index is 11.3. The molecule has 2 fully saturated rings. The van der Waals surface area contributed by atoms with E-state index in [0.717, 1.165) is 19.5 Å². The zero-order valence-corrected chi connectivity index (χ0v) is 12.2. The van der Waals surface area contributed by atoms with Crippen LogP contribution in [-0.4, -0.2) is 47.2 Å². The normalized spacial score (nSPS) is 25.9. The average molecular weight is 291 g/mol. The second-order valence-corrected chi connectivity index (χ2v) is 6.02. The second-order valence-electron chi connectivity index (χ2n) is 6.02. The third-order valence-electron chi connectivity index (χ3n) is 4.91. The van der Waals surface area contributed by atoms with Gasteiger partial charge in [-0.05, 0) is 37.9 Å². The van der Waals surface area contributed by atoms with Crippen molar-refractivity contribution in [2.45, 2.75) is 38.0 Å². The predicted molar refractivity (Wildman–Crippen MR) is 80.4 cm³/mol. The Morgan fingerprint density at radius 1 is 1.33 bits per heavy atom. The Morgan fingerprint density at radius 2 is 2.10 bits per heavy atom. The Balaban J connectivity index is 1.91. The molecule has 1 N–H and O–H groups in total. The van der Waals surface area contributed by atoms with Crippen molar-refractivity contribution in [1.29, 1.82) is 0 Å². The van der Waals surface area contributed by atoms with E-state index < -0.39 is 0 Å². The summed E-state index contributed by atoms with van der Waals surface area (Å²) in [4.78, 5) is 15.5. The number of hydrogen-bond donors (Lipinski definition) is 1.